The second kappa shape index (κ2) is 9.51. The molecular weight excluding hydrogens is 416 g/mol. The number of carbonyl (C=O) groups is 1. The van der Waals surface area contributed by atoms with Gasteiger partial charge in [0, 0.05) is 36.1 Å². The largest absolute Gasteiger partial charge is 0.497 e. The summed E-state index contributed by atoms with van der Waals surface area (Å²) in [5.41, 5.74) is 5.02. The number of ether oxygens (including phenoxy) is 2. The molecule has 2 heterocycles. The zero-order valence-corrected chi connectivity index (χ0v) is 18.3. The van der Waals surface area contributed by atoms with Crippen LogP contribution < -0.4 is 10.2 Å². The van der Waals surface area contributed by atoms with Gasteiger partial charge in [-0.25, -0.2) is 9.99 Å². The fourth-order valence-electron chi connectivity index (χ4n) is 3.79. The highest BCUT2D eigenvalue weighted by atomic mass is 35.5. The zero-order chi connectivity index (χ0) is 21.8. The highest BCUT2D eigenvalue weighted by Gasteiger charge is 2.27. The Hall–Kier alpha value is -2.87. The molecule has 7 nitrogen and oxygen atoms in total. The molecule has 1 aromatic heterocycles. The number of nitrogens with zero attached hydrogens (tertiary/aromatic N) is 3. The fraction of sp³-hybridized carbons (Fsp3) is 0.304. The lowest BCUT2D eigenvalue weighted by molar-refractivity contribution is 0.0607. The summed E-state index contributed by atoms with van der Waals surface area (Å²) in [6, 6.07) is 15.2. The number of hydrogen-bond acceptors (Lipinski definition) is 5. The minimum Gasteiger partial charge on any atom is -0.497 e. The van der Waals surface area contributed by atoms with E-state index in [1.54, 1.807) is 20.4 Å². The molecule has 0 aliphatic carbocycles. The van der Waals surface area contributed by atoms with Crippen LogP contribution in [0, 0.1) is 0 Å². The van der Waals surface area contributed by atoms with Crippen molar-refractivity contribution in [2.75, 3.05) is 27.4 Å². The van der Waals surface area contributed by atoms with Gasteiger partial charge in [-0.05, 0) is 49.2 Å². The molecule has 0 bridgehead atoms. The van der Waals surface area contributed by atoms with Crippen LogP contribution in [-0.2, 0) is 4.74 Å². The van der Waals surface area contributed by atoms with Gasteiger partial charge in [0.15, 0.2) is 0 Å². The number of methoxy groups -OCH3 is 2. The summed E-state index contributed by atoms with van der Waals surface area (Å²) in [5, 5.41) is 2.58. The Labute approximate surface area is 186 Å². The van der Waals surface area contributed by atoms with Crippen LogP contribution in [0.15, 0.2) is 54.7 Å². The Balaban J connectivity index is 1.69. The van der Waals surface area contributed by atoms with Crippen molar-refractivity contribution < 1.29 is 14.3 Å². The number of hydrogen-bond donors (Lipinski definition) is 1. The molecule has 1 fully saturated rings. The van der Waals surface area contributed by atoms with Gasteiger partial charge in [0.25, 0.3) is 5.91 Å². The van der Waals surface area contributed by atoms with Crippen molar-refractivity contribution in [1.82, 2.24) is 20.0 Å². The third kappa shape index (κ3) is 4.74. The highest BCUT2D eigenvalue weighted by molar-refractivity contribution is 6.30. The number of halogens is 1. The maximum atomic E-state index is 13.0. The average Bonchev–Trinajstić information content (AvgIpc) is 3.42. The molecule has 0 spiro atoms. The summed E-state index contributed by atoms with van der Waals surface area (Å²) < 4.78 is 12.5. The molecule has 3 aromatic rings. The number of nitrogens with one attached hydrogen (secondary N) is 1. The van der Waals surface area contributed by atoms with Crippen LogP contribution >= 0.6 is 11.6 Å². The van der Waals surface area contributed by atoms with Crippen LogP contribution in [0.1, 0.15) is 23.3 Å². The minimum absolute atomic E-state index is 0.171. The molecule has 1 aliphatic rings. The van der Waals surface area contributed by atoms with Crippen molar-refractivity contribution in [2.24, 2.45) is 0 Å². The van der Waals surface area contributed by atoms with Crippen LogP contribution in [0.5, 0.6) is 5.75 Å². The molecule has 4 rings (SSSR count). The average molecular weight is 441 g/mol. The minimum atomic E-state index is -0.250. The topological polar surface area (TPSA) is 68.6 Å². The van der Waals surface area contributed by atoms with E-state index < -0.39 is 0 Å². The number of imidazole rings is 1. The van der Waals surface area contributed by atoms with E-state index in [0.717, 1.165) is 30.6 Å². The summed E-state index contributed by atoms with van der Waals surface area (Å²) >= 11 is 6.06. The summed E-state index contributed by atoms with van der Waals surface area (Å²) in [4.78, 5) is 17.7. The van der Waals surface area contributed by atoms with E-state index in [2.05, 4.69) is 10.4 Å². The fourth-order valence-corrected chi connectivity index (χ4v) is 3.92. The second-order valence-electron chi connectivity index (χ2n) is 7.41. The van der Waals surface area contributed by atoms with Crippen LogP contribution in [0.3, 0.4) is 0 Å². The van der Waals surface area contributed by atoms with Gasteiger partial charge in [0.05, 0.1) is 19.8 Å². The SMILES string of the molecule is COC[C@H]1CCCN1NC(=O)c1cn(-c2ccc(Cl)cc2)c(-c2cccc(OC)c2)n1. The maximum Gasteiger partial charge on any atom is 0.285 e. The Morgan fingerprint density at radius 1 is 1.23 bits per heavy atom. The van der Waals surface area contributed by atoms with Crippen molar-refractivity contribution in [3.8, 4) is 22.8 Å². The lowest BCUT2D eigenvalue weighted by Crippen LogP contribution is -2.46. The third-order valence-corrected chi connectivity index (χ3v) is 5.60. The van der Waals surface area contributed by atoms with Gasteiger partial charge in [0.2, 0.25) is 0 Å². The molecule has 1 aliphatic heterocycles. The number of amides is 1. The molecule has 0 saturated carbocycles. The summed E-state index contributed by atoms with van der Waals surface area (Å²) in [5.74, 6) is 1.11. The Morgan fingerprint density at radius 3 is 2.77 bits per heavy atom. The first-order chi connectivity index (χ1) is 15.1. The van der Waals surface area contributed by atoms with Crippen molar-refractivity contribution in [1.29, 1.82) is 0 Å². The third-order valence-electron chi connectivity index (χ3n) is 5.35. The van der Waals surface area contributed by atoms with E-state index in [1.165, 1.54) is 0 Å². The molecule has 31 heavy (non-hydrogen) atoms. The van der Waals surface area contributed by atoms with Gasteiger partial charge in [-0.15, -0.1) is 0 Å². The molecule has 162 valence electrons. The maximum absolute atomic E-state index is 13.0. The van der Waals surface area contributed by atoms with E-state index in [0.29, 0.717) is 28.9 Å². The van der Waals surface area contributed by atoms with Gasteiger partial charge in [0.1, 0.15) is 17.3 Å². The van der Waals surface area contributed by atoms with Crippen molar-refractivity contribution >= 4 is 17.5 Å². The van der Waals surface area contributed by atoms with Crippen LogP contribution in [0.2, 0.25) is 5.02 Å². The number of carbonyl (C=O) groups excluding carboxylic acids is 1. The Bertz CT molecular complexity index is 1050. The predicted molar refractivity (Wildman–Crippen MR) is 120 cm³/mol. The molecule has 1 atom stereocenters. The first-order valence-corrected chi connectivity index (χ1v) is 10.5. The molecule has 0 unspecified atom stereocenters. The van der Waals surface area contributed by atoms with Crippen LogP contribution in [0.4, 0.5) is 0 Å². The van der Waals surface area contributed by atoms with Gasteiger partial charge >= 0.3 is 0 Å². The second-order valence-corrected chi connectivity index (χ2v) is 7.85. The number of aromatic nitrogens is 2. The standard InChI is InChI=1S/C23H25ClN4O3/c1-30-15-19-6-4-12-28(19)26-23(29)21-14-27(18-10-8-17(24)9-11-18)22(25-21)16-5-3-7-20(13-16)31-2/h3,5,7-11,13-14,19H,4,6,12,15H2,1-2H3,(H,26,29)/t19-/m1/s1. The number of benzene rings is 2. The van der Waals surface area contributed by atoms with Gasteiger partial charge < -0.3 is 9.47 Å². The van der Waals surface area contributed by atoms with Gasteiger partial charge in [-0.2, -0.15) is 0 Å². The molecule has 8 heteroatoms. The van der Waals surface area contributed by atoms with E-state index in [9.17, 15) is 4.79 Å². The quantitative estimate of drug-likeness (QED) is 0.602. The number of hydrazine groups is 1. The van der Waals surface area contributed by atoms with E-state index in [-0.39, 0.29) is 11.9 Å². The normalized spacial score (nSPS) is 16.4. The molecule has 1 N–H and O–H groups in total. The molecule has 1 saturated heterocycles. The molecule has 2 aromatic carbocycles. The monoisotopic (exact) mass is 440 g/mol. The summed E-state index contributed by atoms with van der Waals surface area (Å²) in [6.07, 6.45) is 3.75. The van der Waals surface area contributed by atoms with Crippen molar-refractivity contribution in [2.45, 2.75) is 18.9 Å². The lowest BCUT2D eigenvalue weighted by Gasteiger charge is -2.23. The Morgan fingerprint density at radius 2 is 2.03 bits per heavy atom. The highest BCUT2D eigenvalue weighted by Crippen LogP contribution is 2.27. The Kier molecular flexibility index (Phi) is 6.56. The van der Waals surface area contributed by atoms with Gasteiger partial charge in [-0.3, -0.25) is 14.8 Å². The van der Waals surface area contributed by atoms with Crippen molar-refractivity contribution in [3.63, 3.8) is 0 Å². The van der Waals surface area contributed by atoms with E-state index in [1.807, 2.05) is 58.1 Å². The molecule has 1 amide bonds. The van der Waals surface area contributed by atoms with Crippen molar-refractivity contribution in [3.05, 3.63) is 65.4 Å². The lowest BCUT2D eigenvalue weighted by atomic mass is 10.2. The van der Waals surface area contributed by atoms with Gasteiger partial charge in [-0.1, -0.05) is 23.7 Å². The summed E-state index contributed by atoms with van der Waals surface area (Å²) in [6.45, 7) is 1.37. The first kappa shape index (κ1) is 21.4. The smallest absolute Gasteiger partial charge is 0.285 e. The summed E-state index contributed by atoms with van der Waals surface area (Å²) in [7, 11) is 3.29. The molecule has 0 radical (unpaired) electrons. The predicted octanol–water partition coefficient (Wildman–Crippen LogP) is 3.96. The first-order valence-electron chi connectivity index (χ1n) is 10.2. The number of rotatable bonds is 7. The van der Waals surface area contributed by atoms with Crippen LogP contribution in [0.25, 0.3) is 17.1 Å². The van der Waals surface area contributed by atoms with E-state index in [4.69, 9.17) is 21.1 Å². The zero-order valence-electron chi connectivity index (χ0n) is 17.5. The van der Waals surface area contributed by atoms with Crippen LogP contribution in [-0.4, -0.2) is 53.9 Å². The molecular formula is C23H25ClN4O3. The van der Waals surface area contributed by atoms with E-state index >= 15 is 0 Å².